The third-order valence-electron chi connectivity index (χ3n) is 2.87. The van der Waals surface area contributed by atoms with Crippen LogP contribution < -0.4 is 5.56 Å². The van der Waals surface area contributed by atoms with Crippen molar-refractivity contribution in [2.24, 2.45) is 0 Å². The number of thiazole rings is 1. The van der Waals surface area contributed by atoms with E-state index < -0.39 is 17.4 Å². The summed E-state index contributed by atoms with van der Waals surface area (Å²) in [6.45, 7) is 1.87. The van der Waals surface area contributed by atoms with Gasteiger partial charge in [-0.15, -0.1) is 11.3 Å². The first-order valence-corrected chi connectivity index (χ1v) is 7.84. The molecule has 4 nitrogen and oxygen atoms in total. The topological polar surface area (TPSA) is 58.6 Å². The Morgan fingerprint density at radius 2 is 1.95 bits per heavy atom. The second-order valence-corrected chi connectivity index (χ2v) is 6.09. The van der Waals surface area contributed by atoms with Gasteiger partial charge in [0.15, 0.2) is 16.5 Å². The van der Waals surface area contributed by atoms with Crippen LogP contribution in [0.1, 0.15) is 11.3 Å². The molecule has 3 aromatic heterocycles. The zero-order valence-electron chi connectivity index (χ0n) is 11.1. The van der Waals surface area contributed by atoms with Crippen LogP contribution in [0.3, 0.4) is 0 Å². The minimum absolute atomic E-state index is 0.0270. The Labute approximate surface area is 130 Å². The maximum atomic E-state index is 12.6. The molecule has 0 fully saturated rings. The van der Waals surface area contributed by atoms with E-state index in [2.05, 4.69) is 15.0 Å². The van der Waals surface area contributed by atoms with E-state index in [1.165, 1.54) is 17.4 Å². The van der Waals surface area contributed by atoms with Crippen LogP contribution >= 0.6 is 22.7 Å². The van der Waals surface area contributed by atoms with Crippen molar-refractivity contribution in [2.45, 2.75) is 13.1 Å². The molecule has 0 amide bonds. The monoisotopic (exact) mass is 343 g/mol. The standard InChI is InChI=1S/C13H8F3N3OS2/c1-6-3-21-4-7(6)8-2-10(20)19-11(17-8)12-18-9(5-22-12)13(14,15)16/h2-5H,1H3,(H,17,19,20). The maximum absolute atomic E-state index is 12.6. The number of hydrogen-bond donors (Lipinski definition) is 1. The third kappa shape index (κ3) is 2.81. The van der Waals surface area contributed by atoms with Gasteiger partial charge in [0.1, 0.15) is 0 Å². The van der Waals surface area contributed by atoms with Crippen LogP contribution in [-0.4, -0.2) is 15.0 Å². The normalized spacial score (nSPS) is 11.8. The molecule has 3 heterocycles. The molecule has 0 saturated heterocycles. The first kappa shape index (κ1) is 14.9. The molecular weight excluding hydrogens is 335 g/mol. The van der Waals surface area contributed by atoms with E-state index in [1.54, 1.807) is 0 Å². The van der Waals surface area contributed by atoms with E-state index in [0.29, 0.717) is 5.69 Å². The van der Waals surface area contributed by atoms with E-state index in [1.807, 2.05) is 17.7 Å². The number of hydrogen-bond acceptors (Lipinski definition) is 5. The number of nitrogens with zero attached hydrogens (tertiary/aromatic N) is 2. The fraction of sp³-hybridized carbons (Fsp3) is 0.154. The summed E-state index contributed by atoms with van der Waals surface area (Å²) in [6.07, 6.45) is -4.52. The van der Waals surface area contributed by atoms with Crippen LogP contribution in [0.4, 0.5) is 13.2 Å². The molecular formula is C13H8F3N3OS2. The molecule has 3 rings (SSSR count). The number of halogens is 3. The van der Waals surface area contributed by atoms with Crippen molar-refractivity contribution in [1.29, 1.82) is 0 Å². The Morgan fingerprint density at radius 1 is 1.18 bits per heavy atom. The molecule has 0 atom stereocenters. The summed E-state index contributed by atoms with van der Waals surface area (Å²) < 4.78 is 37.8. The molecule has 0 unspecified atom stereocenters. The van der Waals surface area contributed by atoms with Crippen molar-refractivity contribution in [3.63, 3.8) is 0 Å². The molecule has 0 spiro atoms. The Morgan fingerprint density at radius 3 is 2.55 bits per heavy atom. The molecule has 114 valence electrons. The highest BCUT2D eigenvalue weighted by Crippen LogP contribution is 2.33. The van der Waals surface area contributed by atoms with Gasteiger partial charge in [0.05, 0.1) is 5.69 Å². The van der Waals surface area contributed by atoms with Gasteiger partial charge in [-0.25, -0.2) is 9.97 Å². The van der Waals surface area contributed by atoms with Crippen molar-refractivity contribution in [1.82, 2.24) is 15.0 Å². The lowest BCUT2D eigenvalue weighted by Gasteiger charge is -2.02. The van der Waals surface area contributed by atoms with E-state index in [9.17, 15) is 18.0 Å². The maximum Gasteiger partial charge on any atom is 0.434 e. The van der Waals surface area contributed by atoms with Crippen LogP contribution in [0.25, 0.3) is 22.1 Å². The highest BCUT2D eigenvalue weighted by Gasteiger charge is 2.34. The zero-order valence-corrected chi connectivity index (χ0v) is 12.7. The molecule has 0 aromatic carbocycles. The van der Waals surface area contributed by atoms with Gasteiger partial charge in [-0.3, -0.25) is 4.79 Å². The highest BCUT2D eigenvalue weighted by molar-refractivity contribution is 7.13. The van der Waals surface area contributed by atoms with Crippen molar-refractivity contribution in [3.8, 4) is 22.1 Å². The number of aromatic nitrogens is 3. The minimum atomic E-state index is -4.52. The number of aryl methyl sites for hydroxylation is 1. The molecule has 1 N–H and O–H groups in total. The summed E-state index contributed by atoms with van der Waals surface area (Å²) in [7, 11) is 0. The van der Waals surface area contributed by atoms with Crippen LogP contribution in [0.15, 0.2) is 27.0 Å². The van der Waals surface area contributed by atoms with Gasteiger partial charge in [0, 0.05) is 22.4 Å². The van der Waals surface area contributed by atoms with E-state index >= 15 is 0 Å². The van der Waals surface area contributed by atoms with Crippen molar-refractivity contribution < 1.29 is 13.2 Å². The molecule has 0 aliphatic rings. The predicted molar refractivity (Wildman–Crippen MR) is 79.0 cm³/mol. The van der Waals surface area contributed by atoms with Crippen molar-refractivity contribution in [3.05, 3.63) is 43.8 Å². The van der Waals surface area contributed by atoms with Gasteiger partial charge in [0.25, 0.3) is 5.56 Å². The fourth-order valence-corrected chi connectivity index (χ4v) is 3.44. The third-order valence-corrected chi connectivity index (χ3v) is 4.58. The van der Waals surface area contributed by atoms with Crippen molar-refractivity contribution in [2.75, 3.05) is 0 Å². The van der Waals surface area contributed by atoms with Gasteiger partial charge < -0.3 is 4.98 Å². The highest BCUT2D eigenvalue weighted by atomic mass is 32.1. The van der Waals surface area contributed by atoms with E-state index in [-0.39, 0.29) is 10.8 Å². The summed E-state index contributed by atoms with van der Waals surface area (Å²) in [5.74, 6) is 0.0357. The SMILES string of the molecule is Cc1cscc1-c1cc(=O)[nH]c(-c2nc(C(F)(F)F)cs2)n1. The Kier molecular flexibility index (Phi) is 3.61. The van der Waals surface area contributed by atoms with Gasteiger partial charge >= 0.3 is 6.18 Å². The van der Waals surface area contributed by atoms with Gasteiger partial charge in [-0.1, -0.05) is 0 Å². The lowest BCUT2D eigenvalue weighted by Crippen LogP contribution is -2.09. The smallest absolute Gasteiger partial charge is 0.304 e. The average molecular weight is 343 g/mol. The molecule has 9 heteroatoms. The van der Waals surface area contributed by atoms with Crippen LogP contribution in [0, 0.1) is 6.92 Å². The molecule has 22 heavy (non-hydrogen) atoms. The lowest BCUT2D eigenvalue weighted by atomic mass is 10.1. The average Bonchev–Trinajstić information content (AvgIpc) is 3.05. The van der Waals surface area contributed by atoms with Crippen LogP contribution in [0.2, 0.25) is 0 Å². The number of thiophene rings is 1. The van der Waals surface area contributed by atoms with Crippen molar-refractivity contribution >= 4 is 22.7 Å². The van der Waals surface area contributed by atoms with E-state index in [0.717, 1.165) is 27.8 Å². The summed E-state index contributed by atoms with van der Waals surface area (Å²) in [6, 6.07) is 1.32. The number of aromatic amines is 1. The minimum Gasteiger partial charge on any atom is -0.304 e. The second kappa shape index (κ2) is 5.33. The number of nitrogens with one attached hydrogen (secondary N) is 1. The van der Waals surface area contributed by atoms with Gasteiger partial charge in [-0.05, 0) is 17.9 Å². The number of rotatable bonds is 2. The number of H-pyrrole nitrogens is 1. The summed E-state index contributed by atoms with van der Waals surface area (Å²) in [5, 5.41) is 4.67. The van der Waals surface area contributed by atoms with Crippen LogP contribution in [-0.2, 0) is 6.18 Å². The van der Waals surface area contributed by atoms with E-state index in [4.69, 9.17) is 0 Å². The summed E-state index contributed by atoms with van der Waals surface area (Å²) >= 11 is 2.25. The molecule has 0 aliphatic carbocycles. The Hall–Kier alpha value is -2.00. The molecule has 3 aromatic rings. The fourth-order valence-electron chi connectivity index (χ4n) is 1.83. The predicted octanol–water partition coefficient (Wildman–Crippen LogP) is 3.95. The first-order valence-electron chi connectivity index (χ1n) is 6.02. The van der Waals surface area contributed by atoms with Gasteiger partial charge in [-0.2, -0.15) is 24.5 Å². The molecule has 0 aliphatic heterocycles. The Bertz CT molecular complexity index is 879. The number of alkyl halides is 3. The quantitative estimate of drug-likeness (QED) is 0.766. The first-order chi connectivity index (χ1) is 10.3. The lowest BCUT2D eigenvalue weighted by molar-refractivity contribution is -0.140. The zero-order chi connectivity index (χ0) is 15.9. The summed E-state index contributed by atoms with van der Waals surface area (Å²) in [4.78, 5) is 21.9. The molecule has 0 saturated carbocycles. The van der Waals surface area contributed by atoms with Gasteiger partial charge in [0.2, 0.25) is 0 Å². The summed E-state index contributed by atoms with van der Waals surface area (Å²) in [5.41, 5.74) is 0.719. The second-order valence-electron chi connectivity index (χ2n) is 4.48. The largest absolute Gasteiger partial charge is 0.434 e. The Balaban J connectivity index is 2.09. The van der Waals surface area contributed by atoms with Crippen LogP contribution in [0.5, 0.6) is 0 Å². The molecule has 0 bridgehead atoms. The molecule has 0 radical (unpaired) electrons.